The van der Waals surface area contributed by atoms with Crippen molar-refractivity contribution in [3.05, 3.63) is 48.3 Å². The second-order valence-electron chi connectivity index (χ2n) is 5.76. The van der Waals surface area contributed by atoms with Crippen molar-refractivity contribution < 1.29 is 14.3 Å². The summed E-state index contributed by atoms with van der Waals surface area (Å²) in [6, 6.07) is 8.54. The zero-order chi connectivity index (χ0) is 17.0. The molecular formula is C17H20N4O3. The van der Waals surface area contributed by atoms with Gasteiger partial charge in [0.05, 0.1) is 12.7 Å². The topological polar surface area (TPSA) is 85.2 Å². The lowest BCUT2D eigenvalue weighted by Crippen LogP contribution is -2.52. The Labute approximate surface area is 140 Å². The number of hydrogen-bond donors (Lipinski definition) is 2. The highest BCUT2D eigenvalue weighted by Gasteiger charge is 2.42. The fraction of sp³-hybridized carbons (Fsp3) is 0.353. The van der Waals surface area contributed by atoms with Crippen molar-refractivity contribution in [3.8, 4) is 0 Å². The third kappa shape index (κ3) is 3.03. The van der Waals surface area contributed by atoms with Crippen LogP contribution in [-0.2, 0) is 15.1 Å². The maximum Gasteiger partial charge on any atom is 0.337 e. The predicted octanol–water partition coefficient (Wildman–Crippen LogP) is 1.39. The Morgan fingerprint density at radius 1 is 1.29 bits per heavy atom. The molecule has 1 aliphatic rings. The third-order valence-electron chi connectivity index (χ3n) is 4.34. The molecule has 1 aromatic heterocycles. The van der Waals surface area contributed by atoms with E-state index in [1.807, 2.05) is 12.3 Å². The highest BCUT2D eigenvalue weighted by atomic mass is 16.5. The molecular weight excluding hydrogens is 308 g/mol. The van der Waals surface area contributed by atoms with Crippen LogP contribution in [0.15, 0.2) is 42.7 Å². The molecule has 0 unspecified atom stereocenters. The van der Waals surface area contributed by atoms with Gasteiger partial charge in [0.25, 0.3) is 5.91 Å². The summed E-state index contributed by atoms with van der Waals surface area (Å²) in [6.45, 7) is 1.49. The van der Waals surface area contributed by atoms with Crippen molar-refractivity contribution in [2.75, 3.05) is 25.5 Å². The van der Waals surface area contributed by atoms with Gasteiger partial charge in [-0.1, -0.05) is 6.07 Å². The lowest BCUT2D eigenvalue weighted by molar-refractivity contribution is -0.126. The van der Waals surface area contributed by atoms with Gasteiger partial charge in [0, 0.05) is 18.1 Å². The van der Waals surface area contributed by atoms with Gasteiger partial charge in [-0.3, -0.25) is 9.48 Å². The summed E-state index contributed by atoms with van der Waals surface area (Å²) < 4.78 is 6.45. The Morgan fingerprint density at radius 2 is 2.08 bits per heavy atom. The molecule has 1 aromatic carbocycles. The summed E-state index contributed by atoms with van der Waals surface area (Å²) >= 11 is 0. The minimum absolute atomic E-state index is 0.130. The summed E-state index contributed by atoms with van der Waals surface area (Å²) in [4.78, 5) is 24.7. The molecule has 7 heteroatoms. The molecule has 0 saturated carbocycles. The summed E-state index contributed by atoms with van der Waals surface area (Å²) in [6.07, 6.45) is 4.79. The molecule has 0 spiro atoms. The minimum Gasteiger partial charge on any atom is -0.465 e. The molecule has 126 valence electrons. The Balaban J connectivity index is 1.86. The van der Waals surface area contributed by atoms with E-state index < -0.39 is 11.5 Å². The zero-order valence-electron chi connectivity index (χ0n) is 13.5. The van der Waals surface area contributed by atoms with Gasteiger partial charge in [-0.2, -0.15) is 5.10 Å². The van der Waals surface area contributed by atoms with Crippen molar-refractivity contribution in [3.63, 3.8) is 0 Å². The van der Waals surface area contributed by atoms with E-state index in [0.29, 0.717) is 24.1 Å². The number of benzene rings is 1. The molecule has 1 aliphatic heterocycles. The average molecular weight is 328 g/mol. The van der Waals surface area contributed by atoms with Gasteiger partial charge in [0.15, 0.2) is 0 Å². The first-order chi connectivity index (χ1) is 11.7. The van der Waals surface area contributed by atoms with Gasteiger partial charge < -0.3 is 15.4 Å². The van der Waals surface area contributed by atoms with Crippen LogP contribution >= 0.6 is 0 Å². The second-order valence-corrected chi connectivity index (χ2v) is 5.76. The number of esters is 1. The Morgan fingerprint density at radius 3 is 2.75 bits per heavy atom. The molecule has 0 bridgehead atoms. The van der Waals surface area contributed by atoms with Crippen LogP contribution in [-0.4, -0.2) is 41.9 Å². The van der Waals surface area contributed by atoms with Crippen LogP contribution in [0.4, 0.5) is 5.69 Å². The number of aromatic nitrogens is 2. The van der Waals surface area contributed by atoms with Crippen LogP contribution in [0.2, 0.25) is 0 Å². The van der Waals surface area contributed by atoms with Crippen LogP contribution in [0.1, 0.15) is 23.2 Å². The SMILES string of the molecule is COC(=O)c1cccc(NC(=O)C2(n3cccn3)CCNCC2)c1. The molecule has 24 heavy (non-hydrogen) atoms. The van der Waals surface area contributed by atoms with E-state index in [2.05, 4.69) is 15.7 Å². The van der Waals surface area contributed by atoms with E-state index in [1.54, 1.807) is 35.1 Å². The maximum absolute atomic E-state index is 13.0. The smallest absolute Gasteiger partial charge is 0.337 e. The predicted molar refractivity (Wildman–Crippen MR) is 88.7 cm³/mol. The fourth-order valence-electron chi connectivity index (χ4n) is 3.01. The Bertz CT molecular complexity index is 721. The normalized spacial score (nSPS) is 16.4. The molecule has 2 aromatic rings. The van der Waals surface area contributed by atoms with Gasteiger partial charge in [0.1, 0.15) is 5.54 Å². The van der Waals surface area contributed by atoms with Crippen molar-refractivity contribution in [2.24, 2.45) is 0 Å². The highest BCUT2D eigenvalue weighted by molar-refractivity contribution is 5.98. The van der Waals surface area contributed by atoms with Crippen LogP contribution < -0.4 is 10.6 Å². The number of rotatable bonds is 4. The number of nitrogens with zero attached hydrogens (tertiary/aromatic N) is 2. The van der Waals surface area contributed by atoms with E-state index in [-0.39, 0.29) is 5.91 Å². The van der Waals surface area contributed by atoms with Crippen LogP contribution in [0, 0.1) is 0 Å². The quantitative estimate of drug-likeness (QED) is 0.829. The van der Waals surface area contributed by atoms with E-state index >= 15 is 0 Å². The number of carbonyl (C=O) groups is 2. The Hall–Kier alpha value is -2.67. The number of carbonyl (C=O) groups excluding carboxylic acids is 2. The first-order valence-corrected chi connectivity index (χ1v) is 7.86. The molecule has 2 heterocycles. The van der Waals surface area contributed by atoms with Gasteiger partial charge in [-0.05, 0) is 50.2 Å². The lowest BCUT2D eigenvalue weighted by Gasteiger charge is -2.36. The highest BCUT2D eigenvalue weighted by Crippen LogP contribution is 2.28. The lowest BCUT2D eigenvalue weighted by atomic mass is 9.87. The second kappa shape index (κ2) is 6.84. The molecule has 3 rings (SSSR count). The van der Waals surface area contributed by atoms with E-state index in [1.165, 1.54) is 7.11 Å². The van der Waals surface area contributed by atoms with Gasteiger partial charge in [-0.25, -0.2) is 4.79 Å². The first kappa shape index (κ1) is 16.2. The number of nitrogens with one attached hydrogen (secondary N) is 2. The van der Waals surface area contributed by atoms with Crippen LogP contribution in [0.5, 0.6) is 0 Å². The third-order valence-corrected chi connectivity index (χ3v) is 4.34. The van der Waals surface area contributed by atoms with Gasteiger partial charge >= 0.3 is 5.97 Å². The van der Waals surface area contributed by atoms with Crippen molar-refractivity contribution in [1.82, 2.24) is 15.1 Å². The van der Waals surface area contributed by atoms with E-state index in [0.717, 1.165) is 13.1 Å². The minimum atomic E-state index is -0.726. The summed E-state index contributed by atoms with van der Waals surface area (Å²) in [5, 5.41) is 10.5. The van der Waals surface area contributed by atoms with Crippen LogP contribution in [0.25, 0.3) is 0 Å². The average Bonchev–Trinajstić information content (AvgIpc) is 3.17. The van der Waals surface area contributed by atoms with Crippen molar-refractivity contribution in [2.45, 2.75) is 18.4 Å². The molecule has 1 fully saturated rings. The van der Waals surface area contributed by atoms with Gasteiger partial charge in [0.2, 0.25) is 0 Å². The number of methoxy groups -OCH3 is 1. The van der Waals surface area contributed by atoms with Crippen LogP contribution in [0.3, 0.4) is 0 Å². The first-order valence-electron chi connectivity index (χ1n) is 7.86. The monoisotopic (exact) mass is 328 g/mol. The molecule has 7 nitrogen and oxygen atoms in total. The molecule has 0 aliphatic carbocycles. The molecule has 0 atom stereocenters. The van der Waals surface area contributed by atoms with E-state index in [4.69, 9.17) is 4.74 Å². The zero-order valence-corrected chi connectivity index (χ0v) is 13.5. The molecule has 1 saturated heterocycles. The Kier molecular flexibility index (Phi) is 4.61. The number of anilines is 1. The molecule has 2 N–H and O–H groups in total. The largest absolute Gasteiger partial charge is 0.465 e. The van der Waals surface area contributed by atoms with E-state index in [9.17, 15) is 9.59 Å². The summed E-state index contributed by atoms with van der Waals surface area (Å²) in [5.41, 5.74) is 0.234. The summed E-state index contributed by atoms with van der Waals surface area (Å²) in [7, 11) is 1.33. The summed E-state index contributed by atoms with van der Waals surface area (Å²) in [5.74, 6) is -0.565. The van der Waals surface area contributed by atoms with Gasteiger partial charge in [-0.15, -0.1) is 0 Å². The number of ether oxygens (including phenoxy) is 1. The molecule has 1 amide bonds. The molecule has 0 radical (unpaired) electrons. The number of amides is 1. The van der Waals surface area contributed by atoms with Crippen molar-refractivity contribution >= 4 is 17.6 Å². The number of piperidine rings is 1. The van der Waals surface area contributed by atoms with Crippen molar-refractivity contribution in [1.29, 1.82) is 0 Å². The number of hydrogen-bond acceptors (Lipinski definition) is 5. The fourth-order valence-corrected chi connectivity index (χ4v) is 3.01. The maximum atomic E-state index is 13.0. The standard InChI is InChI=1S/C17H20N4O3/c1-24-15(22)13-4-2-5-14(12-13)20-16(23)17(6-9-18-10-7-17)21-11-3-8-19-21/h2-5,8,11-12,18H,6-7,9-10H2,1H3,(H,20,23).